The summed E-state index contributed by atoms with van der Waals surface area (Å²) in [5.41, 5.74) is 5.89. The Morgan fingerprint density at radius 1 is 1.32 bits per heavy atom. The maximum absolute atomic E-state index is 12.4. The Hall–Kier alpha value is -2.86. The van der Waals surface area contributed by atoms with Crippen molar-refractivity contribution in [3.8, 4) is 11.1 Å². The number of fused-ring (bicyclic) bond motifs is 3. The number of aromatic nitrogens is 2. The highest BCUT2D eigenvalue weighted by molar-refractivity contribution is 6.07. The summed E-state index contributed by atoms with van der Waals surface area (Å²) in [6.45, 7) is 5.23. The van der Waals surface area contributed by atoms with E-state index in [0.29, 0.717) is 19.0 Å². The van der Waals surface area contributed by atoms with Gasteiger partial charge >= 0.3 is 0 Å². The number of nitrogens with one attached hydrogen (secondary N) is 3. The van der Waals surface area contributed by atoms with Crippen LogP contribution in [0, 0.1) is 5.92 Å². The maximum atomic E-state index is 12.4. The fraction of sp³-hybridized carbons (Fsp3) is 0.364. The van der Waals surface area contributed by atoms with Crippen molar-refractivity contribution in [3.05, 3.63) is 42.2 Å². The normalized spacial score (nSPS) is 26.0. The number of pyridine rings is 1. The number of rotatable bonds is 2. The first-order chi connectivity index (χ1) is 13.7. The molecule has 6 heteroatoms. The van der Waals surface area contributed by atoms with Crippen molar-refractivity contribution >= 4 is 28.3 Å². The van der Waals surface area contributed by atoms with Gasteiger partial charge in [-0.15, -0.1) is 0 Å². The molecule has 6 rings (SSSR count). The number of carbonyl (C=O) groups excluding carboxylic acids is 1. The summed E-state index contributed by atoms with van der Waals surface area (Å²) in [7, 11) is 0. The van der Waals surface area contributed by atoms with Gasteiger partial charge in [0.25, 0.3) is 0 Å². The lowest BCUT2D eigenvalue weighted by molar-refractivity contribution is -0.118. The number of benzene rings is 1. The SMILES string of the molecule is CC1CC12CNc1ncc(-c3c[nH]c4c(N5CCNCC5=O)cccc34)cc12. The van der Waals surface area contributed by atoms with E-state index >= 15 is 0 Å². The minimum atomic E-state index is 0.116. The molecule has 142 valence electrons. The molecule has 1 aliphatic carbocycles. The summed E-state index contributed by atoms with van der Waals surface area (Å²) >= 11 is 0. The molecule has 2 atom stereocenters. The molecule has 3 aromatic rings. The fourth-order valence-electron chi connectivity index (χ4n) is 5.04. The summed E-state index contributed by atoms with van der Waals surface area (Å²) in [6, 6.07) is 8.50. The Kier molecular flexibility index (Phi) is 3.21. The van der Waals surface area contributed by atoms with Gasteiger partial charge in [-0.05, 0) is 24.5 Å². The Morgan fingerprint density at radius 2 is 2.21 bits per heavy atom. The van der Waals surface area contributed by atoms with Crippen LogP contribution >= 0.6 is 0 Å². The van der Waals surface area contributed by atoms with Crippen LogP contribution in [0.5, 0.6) is 0 Å². The molecule has 1 spiro atoms. The average molecular weight is 373 g/mol. The van der Waals surface area contributed by atoms with Crippen LogP contribution in [0.4, 0.5) is 11.5 Å². The zero-order valence-corrected chi connectivity index (χ0v) is 15.9. The van der Waals surface area contributed by atoms with Crippen molar-refractivity contribution in [1.29, 1.82) is 0 Å². The first kappa shape index (κ1) is 16.1. The van der Waals surface area contributed by atoms with E-state index < -0.39 is 0 Å². The molecule has 6 nitrogen and oxygen atoms in total. The minimum absolute atomic E-state index is 0.116. The van der Waals surface area contributed by atoms with Gasteiger partial charge in [0.05, 0.1) is 17.7 Å². The van der Waals surface area contributed by atoms with Crippen LogP contribution in [-0.4, -0.2) is 42.1 Å². The number of piperazine rings is 1. The fourth-order valence-corrected chi connectivity index (χ4v) is 5.04. The molecule has 4 heterocycles. The van der Waals surface area contributed by atoms with Gasteiger partial charge < -0.3 is 20.5 Å². The molecule has 1 amide bonds. The third-order valence-electron chi connectivity index (χ3n) is 6.83. The summed E-state index contributed by atoms with van der Waals surface area (Å²) in [6.07, 6.45) is 5.25. The molecule has 2 aromatic heterocycles. The number of carbonyl (C=O) groups is 1. The molecule has 2 fully saturated rings. The first-order valence-corrected chi connectivity index (χ1v) is 10.0. The molecule has 0 bridgehead atoms. The number of amides is 1. The Bertz CT molecular complexity index is 1120. The van der Waals surface area contributed by atoms with Crippen LogP contribution in [0.15, 0.2) is 36.7 Å². The number of para-hydroxylation sites is 1. The van der Waals surface area contributed by atoms with E-state index in [0.717, 1.165) is 46.6 Å². The van der Waals surface area contributed by atoms with Crippen LogP contribution in [0.1, 0.15) is 18.9 Å². The average Bonchev–Trinajstić information content (AvgIpc) is 3.04. The third kappa shape index (κ3) is 2.12. The molecule has 2 aliphatic heterocycles. The lowest BCUT2D eigenvalue weighted by atomic mass is 9.94. The monoisotopic (exact) mass is 373 g/mol. The predicted molar refractivity (Wildman–Crippen MR) is 111 cm³/mol. The molecule has 1 aromatic carbocycles. The Labute approximate surface area is 163 Å². The molecule has 2 unspecified atom stereocenters. The van der Waals surface area contributed by atoms with E-state index in [-0.39, 0.29) is 11.3 Å². The Morgan fingerprint density at radius 3 is 3.04 bits per heavy atom. The number of H-pyrrole nitrogens is 1. The van der Waals surface area contributed by atoms with Gasteiger partial charge in [0, 0.05) is 59.5 Å². The summed E-state index contributed by atoms with van der Waals surface area (Å²) < 4.78 is 0. The number of hydrogen-bond donors (Lipinski definition) is 3. The van der Waals surface area contributed by atoms with Crippen molar-refractivity contribution in [2.75, 3.05) is 36.4 Å². The van der Waals surface area contributed by atoms with E-state index in [1.54, 1.807) is 0 Å². The van der Waals surface area contributed by atoms with E-state index in [1.165, 1.54) is 12.0 Å². The molecule has 1 saturated carbocycles. The molecule has 28 heavy (non-hydrogen) atoms. The van der Waals surface area contributed by atoms with Gasteiger partial charge in [-0.3, -0.25) is 4.79 Å². The van der Waals surface area contributed by atoms with Crippen LogP contribution in [0.2, 0.25) is 0 Å². The zero-order valence-electron chi connectivity index (χ0n) is 15.9. The van der Waals surface area contributed by atoms with Gasteiger partial charge in [0.15, 0.2) is 0 Å². The van der Waals surface area contributed by atoms with Crippen LogP contribution in [0.25, 0.3) is 22.0 Å². The Balaban J connectivity index is 1.46. The lowest BCUT2D eigenvalue weighted by Crippen LogP contribution is -2.48. The van der Waals surface area contributed by atoms with Crippen molar-refractivity contribution in [2.24, 2.45) is 5.92 Å². The first-order valence-electron chi connectivity index (χ1n) is 10.0. The van der Waals surface area contributed by atoms with E-state index in [4.69, 9.17) is 4.98 Å². The standard InChI is InChI=1S/C22H23N5O/c1-13-8-22(13)12-26-21-17(22)7-14(9-25-21)16-10-24-20-15(16)3-2-4-18(20)27-6-5-23-11-19(27)28/h2-4,7,9-10,13,23-24H,5-6,8,11-12H2,1H3,(H,25,26). The number of nitrogens with zero attached hydrogens (tertiary/aromatic N) is 2. The minimum Gasteiger partial charge on any atom is -0.369 e. The second kappa shape index (κ2) is 5.58. The predicted octanol–water partition coefficient (Wildman–Crippen LogP) is 2.87. The van der Waals surface area contributed by atoms with Crippen molar-refractivity contribution < 1.29 is 4.79 Å². The van der Waals surface area contributed by atoms with Gasteiger partial charge in [-0.1, -0.05) is 19.1 Å². The summed E-state index contributed by atoms with van der Waals surface area (Å²) in [5.74, 6) is 1.87. The van der Waals surface area contributed by atoms with Crippen molar-refractivity contribution in [3.63, 3.8) is 0 Å². The number of aromatic amines is 1. The van der Waals surface area contributed by atoms with E-state index in [2.05, 4.69) is 40.9 Å². The smallest absolute Gasteiger partial charge is 0.241 e. The number of hydrogen-bond acceptors (Lipinski definition) is 4. The van der Waals surface area contributed by atoms with Crippen LogP contribution in [0.3, 0.4) is 0 Å². The quantitative estimate of drug-likeness (QED) is 0.646. The molecular formula is C22H23N5O. The van der Waals surface area contributed by atoms with Gasteiger partial charge in [0.1, 0.15) is 5.82 Å². The third-order valence-corrected chi connectivity index (χ3v) is 6.83. The van der Waals surface area contributed by atoms with Gasteiger partial charge in [-0.25, -0.2) is 4.98 Å². The van der Waals surface area contributed by atoms with Gasteiger partial charge in [0.2, 0.25) is 5.91 Å². The zero-order chi connectivity index (χ0) is 18.9. The largest absolute Gasteiger partial charge is 0.369 e. The lowest BCUT2D eigenvalue weighted by Gasteiger charge is -2.27. The van der Waals surface area contributed by atoms with E-state index in [1.807, 2.05) is 23.2 Å². The van der Waals surface area contributed by atoms with Crippen LogP contribution < -0.4 is 15.5 Å². The topological polar surface area (TPSA) is 73.1 Å². The number of anilines is 2. The highest BCUT2D eigenvalue weighted by atomic mass is 16.2. The second-order valence-corrected chi connectivity index (χ2v) is 8.36. The van der Waals surface area contributed by atoms with Crippen molar-refractivity contribution in [1.82, 2.24) is 15.3 Å². The summed E-state index contributed by atoms with van der Waals surface area (Å²) in [4.78, 5) is 22.4. The van der Waals surface area contributed by atoms with Crippen LogP contribution in [-0.2, 0) is 10.2 Å². The van der Waals surface area contributed by atoms with Gasteiger partial charge in [-0.2, -0.15) is 0 Å². The second-order valence-electron chi connectivity index (χ2n) is 8.36. The molecule has 1 saturated heterocycles. The molecule has 3 N–H and O–H groups in total. The van der Waals surface area contributed by atoms with E-state index in [9.17, 15) is 4.79 Å². The maximum Gasteiger partial charge on any atom is 0.241 e. The molecule has 0 radical (unpaired) electrons. The summed E-state index contributed by atoms with van der Waals surface area (Å²) in [5, 5.41) is 7.75. The molecule has 3 aliphatic rings. The van der Waals surface area contributed by atoms with Crippen molar-refractivity contribution in [2.45, 2.75) is 18.8 Å². The highest BCUT2D eigenvalue weighted by Crippen LogP contribution is 2.59. The molecular weight excluding hydrogens is 350 g/mol. The highest BCUT2D eigenvalue weighted by Gasteiger charge is 2.56.